The van der Waals surface area contributed by atoms with E-state index in [-0.39, 0.29) is 5.56 Å². The van der Waals surface area contributed by atoms with Crippen molar-refractivity contribution in [2.24, 2.45) is 0 Å². The summed E-state index contributed by atoms with van der Waals surface area (Å²) in [7, 11) is 0. The molecule has 0 aliphatic carbocycles. The summed E-state index contributed by atoms with van der Waals surface area (Å²) in [5, 5.41) is 0. The Hall–Kier alpha value is -3.14. The number of aromatic nitrogens is 3. The Labute approximate surface area is 165 Å². The number of benzene rings is 2. The molecule has 0 bridgehead atoms. The van der Waals surface area contributed by atoms with Crippen molar-refractivity contribution in [3.05, 3.63) is 88.6 Å². The fourth-order valence-electron chi connectivity index (χ4n) is 3.66. The highest BCUT2D eigenvalue weighted by molar-refractivity contribution is 5.92. The molecule has 0 spiro atoms. The van der Waals surface area contributed by atoms with Crippen molar-refractivity contribution < 1.29 is 0 Å². The third kappa shape index (κ3) is 3.50. The molecule has 0 unspecified atom stereocenters. The molecule has 4 nitrogen and oxygen atoms in total. The van der Waals surface area contributed by atoms with Crippen LogP contribution in [0.5, 0.6) is 0 Å². The Balaban J connectivity index is 1.90. The molecule has 0 saturated heterocycles. The van der Waals surface area contributed by atoms with Crippen LogP contribution in [-0.4, -0.2) is 14.1 Å². The average Bonchev–Trinajstić information content (AvgIpc) is 3.07. The zero-order valence-corrected chi connectivity index (χ0v) is 16.4. The highest BCUT2D eigenvalue weighted by atomic mass is 16.1. The molecule has 28 heavy (non-hydrogen) atoms. The Morgan fingerprint density at radius 1 is 1.00 bits per heavy atom. The predicted molar refractivity (Wildman–Crippen MR) is 115 cm³/mol. The molecule has 4 rings (SSSR count). The molecule has 0 radical (unpaired) electrons. The second kappa shape index (κ2) is 7.85. The van der Waals surface area contributed by atoms with Crippen LogP contribution in [0.25, 0.3) is 22.2 Å². The van der Waals surface area contributed by atoms with Gasteiger partial charge in [-0.1, -0.05) is 73.5 Å². The molecule has 0 saturated carbocycles. The maximum absolute atomic E-state index is 13.3. The Bertz CT molecular complexity index is 1160. The fourth-order valence-corrected chi connectivity index (χ4v) is 3.66. The van der Waals surface area contributed by atoms with E-state index in [2.05, 4.69) is 61.0 Å². The molecule has 4 heteroatoms. The van der Waals surface area contributed by atoms with Gasteiger partial charge in [0.05, 0.1) is 6.33 Å². The first-order valence-electron chi connectivity index (χ1n) is 9.86. The summed E-state index contributed by atoms with van der Waals surface area (Å²) in [4.78, 5) is 18.0. The van der Waals surface area contributed by atoms with Crippen LogP contribution in [0, 0.1) is 6.92 Å². The van der Waals surface area contributed by atoms with Gasteiger partial charge in [-0.3, -0.25) is 9.36 Å². The lowest BCUT2D eigenvalue weighted by Crippen LogP contribution is -2.22. The van der Waals surface area contributed by atoms with E-state index in [1.165, 1.54) is 11.1 Å². The van der Waals surface area contributed by atoms with Crippen molar-refractivity contribution in [1.29, 1.82) is 0 Å². The summed E-state index contributed by atoms with van der Waals surface area (Å²) in [5.41, 5.74) is 5.97. The lowest BCUT2D eigenvalue weighted by Gasteiger charge is -2.08. The normalized spacial score (nSPS) is 11.2. The number of fused-ring (bicyclic) bond motifs is 1. The van der Waals surface area contributed by atoms with Gasteiger partial charge in [0.2, 0.25) is 0 Å². The summed E-state index contributed by atoms with van der Waals surface area (Å²) in [6.45, 7) is 5.57. The molecule has 0 amide bonds. The van der Waals surface area contributed by atoms with E-state index in [4.69, 9.17) is 4.98 Å². The summed E-state index contributed by atoms with van der Waals surface area (Å²) < 4.78 is 3.80. The van der Waals surface area contributed by atoms with Gasteiger partial charge in [-0.25, -0.2) is 4.98 Å². The van der Waals surface area contributed by atoms with Crippen molar-refractivity contribution in [1.82, 2.24) is 14.1 Å². The van der Waals surface area contributed by atoms with Crippen molar-refractivity contribution in [2.75, 3.05) is 0 Å². The number of nitrogens with zero attached hydrogens (tertiary/aromatic N) is 3. The second-order valence-corrected chi connectivity index (χ2v) is 7.32. The lowest BCUT2D eigenvalue weighted by molar-refractivity contribution is 0.606. The summed E-state index contributed by atoms with van der Waals surface area (Å²) in [6, 6.07) is 18.6. The fraction of sp³-hybridized carbons (Fsp3) is 0.250. The molecule has 2 heterocycles. The minimum atomic E-state index is 0.0354. The molecule has 2 aromatic carbocycles. The zero-order chi connectivity index (χ0) is 19.5. The van der Waals surface area contributed by atoms with Crippen LogP contribution >= 0.6 is 0 Å². The number of aryl methyl sites for hydroxylation is 2. The van der Waals surface area contributed by atoms with Gasteiger partial charge in [-0.15, -0.1) is 0 Å². The quantitative estimate of drug-likeness (QED) is 0.477. The standard InChI is InChI=1S/C24H25N3O/c1-3-4-13-26-17-25-22-21(20-11-6-5-7-12-20)16-27(23(22)24(26)28)15-19-10-8-9-18(2)14-19/h5-12,14,16-17H,3-4,13,15H2,1-2H3. The summed E-state index contributed by atoms with van der Waals surface area (Å²) in [6.07, 6.45) is 5.78. The molecular weight excluding hydrogens is 346 g/mol. The molecule has 0 aliphatic rings. The number of hydrogen-bond donors (Lipinski definition) is 0. The van der Waals surface area contributed by atoms with Crippen LogP contribution in [0.1, 0.15) is 30.9 Å². The van der Waals surface area contributed by atoms with Crippen LogP contribution in [0.3, 0.4) is 0 Å². The van der Waals surface area contributed by atoms with Crippen LogP contribution in [0.15, 0.2) is 71.9 Å². The minimum absolute atomic E-state index is 0.0354. The van der Waals surface area contributed by atoms with E-state index in [0.29, 0.717) is 18.6 Å². The van der Waals surface area contributed by atoms with Gasteiger partial charge >= 0.3 is 0 Å². The van der Waals surface area contributed by atoms with E-state index in [0.717, 1.165) is 29.5 Å². The summed E-state index contributed by atoms with van der Waals surface area (Å²) >= 11 is 0. The number of rotatable bonds is 6. The molecule has 0 N–H and O–H groups in total. The molecule has 4 aromatic rings. The van der Waals surface area contributed by atoms with Gasteiger partial charge in [0.1, 0.15) is 11.0 Å². The second-order valence-electron chi connectivity index (χ2n) is 7.32. The van der Waals surface area contributed by atoms with Crippen LogP contribution in [0.2, 0.25) is 0 Å². The van der Waals surface area contributed by atoms with Crippen LogP contribution in [-0.2, 0) is 13.1 Å². The van der Waals surface area contributed by atoms with E-state index in [1.807, 2.05) is 18.2 Å². The Morgan fingerprint density at radius 3 is 2.57 bits per heavy atom. The summed E-state index contributed by atoms with van der Waals surface area (Å²) in [5.74, 6) is 0. The maximum Gasteiger partial charge on any atom is 0.277 e. The van der Waals surface area contributed by atoms with Gasteiger partial charge in [0, 0.05) is 24.8 Å². The highest BCUT2D eigenvalue weighted by Crippen LogP contribution is 2.28. The zero-order valence-electron chi connectivity index (χ0n) is 16.4. The van der Waals surface area contributed by atoms with E-state index in [9.17, 15) is 4.79 Å². The van der Waals surface area contributed by atoms with Crippen LogP contribution < -0.4 is 5.56 Å². The number of hydrogen-bond acceptors (Lipinski definition) is 2. The van der Waals surface area contributed by atoms with Gasteiger partial charge < -0.3 is 4.57 Å². The monoisotopic (exact) mass is 371 g/mol. The molecule has 142 valence electrons. The molecule has 0 atom stereocenters. The first-order chi connectivity index (χ1) is 13.7. The lowest BCUT2D eigenvalue weighted by atomic mass is 10.1. The average molecular weight is 371 g/mol. The largest absolute Gasteiger partial charge is 0.337 e. The van der Waals surface area contributed by atoms with Crippen molar-refractivity contribution in [2.45, 2.75) is 39.8 Å². The Kier molecular flexibility index (Phi) is 5.11. The molecular formula is C24H25N3O. The van der Waals surface area contributed by atoms with Crippen LogP contribution in [0.4, 0.5) is 0 Å². The van der Waals surface area contributed by atoms with Gasteiger partial charge in [0.15, 0.2) is 0 Å². The third-order valence-electron chi connectivity index (χ3n) is 5.11. The molecule has 2 aromatic heterocycles. The smallest absolute Gasteiger partial charge is 0.277 e. The third-order valence-corrected chi connectivity index (χ3v) is 5.11. The highest BCUT2D eigenvalue weighted by Gasteiger charge is 2.16. The molecule has 0 aliphatic heterocycles. The van der Waals surface area contributed by atoms with E-state index in [1.54, 1.807) is 10.9 Å². The van der Waals surface area contributed by atoms with Gasteiger partial charge in [-0.05, 0) is 24.5 Å². The van der Waals surface area contributed by atoms with Gasteiger partial charge in [-0.2, -0.15) is 0 Å². The SMILES string of the molecule is CCCCn1cnc2c(-c3ccccc3)cn(Cc3cccc(C)c3)c2c1=O. The first-order valence-corrected chi connectivity index (χ1v) is 9.86. The molecule has 0 fully saturated rings. The van der Waals surface area contributed by atoms with Crippen molar-refractivity contribution in [3.63, 3.8) is 0 Å². The van der Waals surface area contributed by atoms with Gasteiger partial charge in [0.25, 0.3) is 5.56 Å². The minimum Gasteiger partial charge on any atom is -0.337 e. The van der Waals surface area contributed by atoms with Crippen molar-refractivity contribution >= 4 is 11.0 Å². The topological polar surface area (TPSA) is 39.8 Å². The number of unbranched alkanes of at least 4 members (excludes halogenated alkanes) is 1. The predicted octanol–water partition coefficient (Wildman–Crippen LogP) is 5.02. The van der Waals surface area contributed by atoms with E-state index < -0.39 is 0 Å². The first kappa shape index (κ1) is 18.2. The van der Waals surface area contributed by atoms with E-state index >= 15 is 0 Å². The van der Waals surface area contributed by atoms with Crippen molar-refractivity contribution in [3.8, 4) is 11.1 Å². The maximum atomic E-state index is 13.3. The Morgan fingerprint density at radius 2 is 1.82 bits per heavy atom.